The second-order valence-corrected chi connectivity index (χ2v) is 6.51. The molecule has 0 spiro atoms. The summed E-state index contributed by atoms with van der Waals surface area (Å²) in [7, 11) is -2.10. The van der Waals surface area contributed by atoms with E-state index in [-0.39, 0.29) is 11.6 Å². The third kappa shape index (κ3) is 5.23. The molecular formula is C9H12N2O5S2. The molecule has 1 N–H and O–H groups in total. The van der Waals surface area contributed by atoms with Crippen LogP contribution in [0.2, 0.25) is 0 Å². The first-order chi connectivity index (χ1) is 8.30. The van der Waals surface area contributed by atoms with Crippen LogP contribution in [0.3, 0.4) is 0 Å². The van der Waals surface area contributed by atoms with Gasteiger partial charge in [-0.3, -0.25) is 9.59 Å². The van der Waals surface area contributed by atoms with E-state index in [4.69, 9.17) is 0 Å². The first kappa shape index (κ1) is 14.6. The van der Waals surface area contributed by atoms with Crippen molar-refractivity contribution in [2.24, 2.45) is 0 Å². The van der Waals surface area contributed by atoms with Crippen molar-refractivity contribution in [3.8, 4) is 0 Å². The highest BCUT2D eigenvalue weighted by Crippen LogP contribution is 2.16. The molecule has 0 aliphatic carbocycles. The van der Waals surface area contributed by atoms with Crippen LogP contribution < -0.4 is 5.32 Å². The van der Waals surface area contributed by atoms with E-state index in [1.165, 1.54) is 7.11 Å². The zero-order valence-corrected chi connectivity index (χ0v) is 11.4. The first-order valence-corrected chi connectivity index (χ1v) is 7.73. The van der Waals surface area contributed by atoms with Crippen LogP contribution in [0.25, 0.3) is 0 Å². The molecule has 1 heterocycles. The van der Waals surface area contributed by atoms with Gasteiger partial charge in [-0.1, -0.05) is 0 Å². The molecule has 1 rings (SSSR count). The van der Waals surface area contributed by atoms with Crippen molar-refractivity contribution < 1.29 is 22.7 Å². The molecule has 0 aromatic carbocycles. The van der Waals surface area contributed by atoms with Crippen molar-refractivity contribution in [2.75, 3.05) is 24.4 Å². The molecule has 0 aliphatic rings. The van der Waals surface area contributed by atoms with Gasteiger partial charge >= 0.3 is 5.97 Å². The normalized spacial score (nSPS) is 11.0. The minimum absolute atomic E-state index is 0.00888. The van der Waals surface area contributed by atoms with E-state index in [9.17, 15) is 18.0 Å². The molecule has 0 bridgehead atoms. The summed E-state index contributed by atoms with van der Waals surface area (Å²) in [5, 5.41) is 4.19. The molecule has 9 heteroatoms. The van der Waals surface area contributed by atoms with E-state index in [0.717, 1.165) is 17.6 Å². The Morgan fingerprint density at radius 1 is 1.50 bits per heavy atom. The number of ether oxygens (including phenoxy) is 1. The summed E-state index contributed by atoms with van der Waals surface area (Å²) in [6.45, 7) is 0. The number of hydrogen-bond acceptors (Lipinski definition) is 7. The molecule has 7 nitrogen and oxygen atoms in total. The molecule has 1 aromatic rings. The largest absolute Gasteiger partial charge is 0.469 e. The van der Waals surface area contributed by atoms with Crippen LogP contribution in [-0.4, -0.2) is 44.4 Å². The van der Waals surface area contributed by atoms with E-state index in [2.05, 4.69) is 15.0 Å². The van der Waals surface area contributed by atoms with Crippen LogP contribution >= 0.6 is 11.3 Å². The van der Waals surface area contributed by atoms with Crippen LogP contribution in [0.5, 0.6) is 0 Å². The Hall–Kier alpha value is -1.48. The summed E-state index contributed by atoms with van der Waals surface area (Å²) in [5.74, 6) is -1.69. The van der Waals surface area contributed by atoms with Gasteiger partial charge < -0.3 is 10.1 Å². The summed E-state index contributed by atoms with van der Waals surface area (Å²) >= 11 is 1.11. The zero-order chi connectivity index (χ0) is 13.8. The van der Waals surface area contributed by atoms with Crippen LogP contribution in [0.4, 0.5) is 5.13 Å². The smallest absolute Gasteiger partial charge is 0.311 e. The quantitative estimate of drug-likeness (QED) is 0.757. The van der Waals surface area contributed by atoms with E-state index in [0.29, 0.717) is 5.69 Å². The van der Waals surface area contributed by atoms with Crippen molar-refractivity contribution in [3.63, 3.8) is 0 Å². The van der Waals surface area contributed by atoms with Gasteiger partial charge in [0.1, 0.15) is 5.75 Å². The Labute approximate surface area is 108 Å². The second-order valence-electron chi connectivity index (χ2n) is 3.52. The number of anilines is 1. The van der Waals surface area contributed by atoms with Gasteiger partial charge in [-0.05, 0) is 0 Å². The predicted molar refractivity (Wildman–Crippen MR) is 66.2 cm³/mol. The molecule has 18 heavy (non-hydrogen) atoms. The number of carbonyl (C=O) groups excluding carboxylic acids is 2. The lowest BCUT2D eigenvalue weighted by Crippen LogP contribution is -2.21. The molecule has 0 atom stereocenters. The average Bonchev–Trinajstić information content (AvgIpc) is 2.62. The third-order valence-corrected chi connectivity index (χ3v) is 3.34. The fraction of sp³-hybridized carbons (Fsp3) is 0.444. The van der Waals surface area contributed by atoms with Crippen molar-refractivity contribution >= 4 is 38.2 Å². The van der Waals surface area contributed by atoms with Crippen LogP contribution in [-0.2, 0) is 30.6 Å². The lowest BCUT2D eigenvalue weighted by molar-refractivity contribution is -0.139. The van der Waals surface area contributed by atoms with Gasteiger partial charge in [0.2, 0.25) is 5.91 Å². The number of carbonyl (C=O) groups is 2. The van der Waals surface area contributed by atoms with Crippen molar-refractivity contribution in [1.82, 2.24) is 4.98 Å². The molecule has 0 saturated heterocycles. The number of rotatable bonds is 5. The average molecular weight is 292 g/mol. The summed E-state index contributed by atoms with van der Waals surface area (Å²) in [5.41, 5.74) is 0.460. The highest BCUT2D eigenvalue weighted by atomic mass is 32.2. The third-order valence-electron chi connectivity index (χ3n) is 1.74. The molecule has 0 fully saturated rings. The van der Waals surface area contributed by atoms with E-state index in [1.807, 2.05) is 0 Å². The molecule has 0 saturated carbocycles. The molecule has 0 radical (unpaired) electrons. The number of amides is 1. The van der Waals surface area contributed by atoms with Crippen LogP contribution in [0.1, 0.15) is 5.69 Å². The topological polar surface area (TPSA) is 102 Å². The Balaban J connectivity index is 2.59. The Kier molecular flexibility index (Phi) is 4.79. The second kappa shape index (κ2) is 5.91. The SMILES string of the molecule is COC(=O)Cc1csc(NC(=O)CS(C)(=O)=O)n1. The minimum Gasteiger partial charge on any atom is -0.469 e. The number of hydrogen-bond donors (Lipinski definition) is 1. The molecule has 0 aliphatic heterocycles. The van der Waals surface area contributed by atoms with E-state index < -0.39 is 27.5 Å². The summed E-state index contributed by atoms with van der Waals surface area (Å²) < 4.78 is 26.2. The highest BCUT2D eigenvalue weighted by molar-refractivity contribution is 7.91. The summed E-state index contributed by atoms with van der Waals surface area (Å²) in [6, 6.07) is 0. The van der Waals surface area contributed by atoms with E-state index in [1.54, 1.807) is 5.38 Å². The van der Waals surface area contributed by atoms with E-state index >= 15 is 0 Å². The summed E-state index contributed by atoms with van der Waals surface area (Å²) in [4.78, 5) is 26.2. The fourth-order valence-electron chi connectivity index (χ4n) is 1.06. The number of aromatic nitrogens is 1. The monoisotopic (exact) mass is 292 g/mol. The maximum absolute atomic E-state index is 11.3. The molecule has 1 amide bonds. The Bertz CT molecular complexity index is 549. The Morgan fingerprint density at radius 2 is 2.17 bits per heavy atom. The van der Waals surface area contributed by atoms with Gasteiger partial charge in [0.15, 0.2) is 15.0 Å². The van der Waals surface area contributed by atoms with Gasteiger partial charge in [-0.25, -0.2) is 13.4 Å². The van der Waals surface area contributed by atoms with Crippen LogP contribution in [0.15, 0.2) is 5.38 Å². The number of thiazole rings is 1. The van der Waals surface area contributed by atoms with Crippen LogP contribution in [0, 0.1) is 0 Å². The molecule has 100 valence electrons. The maximum atomic E-state index is 11.3. The highest BCUT2D eigenvalue weighted by Gasteiger charge is 2.13. The van der Waals surface area contributed by atoms with Gasteiger partial charge in [0, 0.05) is 11.6 Å². The lowest BCUT2D eigenvalue weighted by atomic mass is 10.3. The number of nitrogens with zero attached hydrogens (tertiary/aromatic N) is 1. The first-order valence-electron chi connectivity index (χ1n) is 4.79. The Morgan fingerprint density at radius 3 is 2.72 bits per heavy atom. The zero-order valence-electron chi connectivity index (χ0n) is 9.80. The number of sulfone groups is 1. The number of nitrogens with one attached hydrogen (secondary N) is 1. The summed E-state index contributed by atoms with van der Waals surface area (Å²) in [6.07, 6.45) is 0.978. The maximum Gasteiger partial charge on any atom is 0.311 e. The van der Waals surface area contributed by atoms with Crippen molar-refractivity contribution in [2.45, 2.75) is 6.42 Å². The molecular weight excluding hydrogens is 280 g/mol. The van der Waals surface area contributed by atoms with Gasteiger partial charge in [-0.2, -0.15) is 0 Å². The lowest BCUT2D eigenvalue weighted by Gasteiger charge is -1.99. The number of esters is 1. The fourth-order valence-corrected chi connectivity index (χ4v) is 2.33. The molecule has 0 unspecified atom stereocenters. The minimum atomic E-state index is -3.37. The number of methoxy groups -OCH3 is 1. The predicted octanol–water partition coefficient (Wildman–Crippen LogP) is -0.158. The van der Waals surface area contributed by atoms with Gasteiger partial charge in [0.05, 0.1) is 19.2 Å². The van der Waals surface area contributed by atoms with Gasteiger partial charge in [0.25, 0.3) is 0 Å². The van der Waals surface area contributed by atoms with Gasteiger partial charge in [-0.15, -0.1) is 11.3 Å². The molecule has 1 aromatic heterocycles. The van der Waals surface area contributed by atoms with Crippen molar-refractivity contribution in [3.05, 3.63) is 11.1 Å². The van der Waals surface area contributed by atoms with Crippen molar-refractivity contribution in [1.29, 1.82) is 0 Å². The standard InChI is InChI=1S/C9H12N2O5S2/c1-16-8(13)3-6-4-17-9(10-6)11-7(12)5-18(2,14)15/h4H,3,5H2,1-2H3,(H,10,11,12).